The average molecular weight is 352 g/mol. The summed E-state index contributed by atoms with van der Waals surface area (Å²) < 4.78 is 5.43. The number of aromatic hydroxyl groups is 1. The highest BCUT2D eigenvalue weighted by molar-refractivity contribution is 5.78. The van der Waals surface area contributed by atoms with Crippen molar-refractivity contribution < 1.29 is 14.6 Å². The molecule has 0 unspecified atom stereocenters. The number of rotatable bonds is 6. The van der Waals surface area contributed by atoms with Gasteiger partial charge in [0.2, 0.25) is 0 Å². The smallest absolute Gasteiger partial charge is 0.260 e. The van der Waals surface area contributed by atoms with E-state index in [1.165, 1.54) is 5.56 Å². The lowest BCUT2D eigenvalue weighted by molar-refractivity contribution is -0.135. The molecule has 0 saturated carbocycles. The van der Waals surface area contributed by atoms with Gasteiger partial charge in [-0.05, 0) is 17.7 Å². The molecule has 0 aromatic heterocycles. The molecule has 1 amide bonds. The molecule has 1 N–H and O–H groups in total. The van der Waals surface area contributed by atoms with Crippen LogP contribution in [-0.4, -0.2) is 60.1 Å². The maximum atomic E-state index is 12.3. The maximum absolute atomic E-state index is 12.3. The van der Waals surface area contributed by atoms with Gasteiger partial charge in [-0.1, -0.05) is 54.6 Å². The van der Waals surface area contributed by atoms with Crippen molar-refractivity contribution in [2.75, 3.05) is 39.3 Å². The van der Waals surface area contributed by atoms with Crippen molar-refractivity contribution in [3.8, 4) is 11.5 Å². The normalized spacial score (nSPS) is 15.3. The molecular weight excluding hydrogens is 328 g/mol. The number of carbonyl (C=O) groups excluding carboxylic acids is 1. The van der Waals surface area contributed by atoms with Crippen molar-refractivity contribution in [1.82, 2.24) is 9.80 Å². The van der Waals surface area contributed by atoms with Crippen LogP contribution >= 0.6 is 0 Å². The van der Waals surface area contributed by atoms with Gasteiger partial charge in [0.15, 0.2) is 18.1 Å². The van der Waals surface area contributed by atoms with E-state index in [0.29, 0.717) is 18.8 Å². The number of hydrogen-bond donors (Lipinski definition) is 1. The Balaban J connectivity index is 1.39. The first-order chi connectivity index (χ1) is 12.7. The number of piperazine rings is 1. The predicted octanol–water partition coefficient (Wildman–Crippen LogP) is 2.63. The first kappa shape index (κ1) is 18.0. The van der Waals surface area contributed by atoms with Crippen LogP contribution in [0.1, 0.15) is 5.56 Å². The summed E-state index contributed by atoms with van der Waals surface area (Å²) in [6, 6.07) is 16.9. The molecule has 0 spiro atoms. The van der Waals surface area contributed by atoms with E-state index >= 15 is 0 Å². The van der Waals surface area contributed by atoms with E-state index < -0.39 is 0 Å². The van der Waals surface area contributed by atoms with Gasteiger partial charge in [-0.2, -0.15) is 0 Å². The fourth-order valence-corrected chi connectivity index (χ4v) is 2.89. The van der Waals surface area contributed by atoms with Crippen molar-refractivity contribution in [2.24, 2.45) is 0 Å². The largest absolute Gasteiger partial charge is 0.504 e. The summed E-state index contributed by atoms with van der Waals surface area (Å²) in [6.07, 6.45) is 4.28. The number of nitrogens with zero attached hydrogens (tertiary/aromatic N) is 2. The second kappa shape index (κ2) is 9.06. The van der Waals surface area contributed by atoms with E-state index in [0.717, 1.165) is 19.6 Å². The van der Waals surface area contributed by atoms with Crippen molar-refractivity contribution in [3.63, 3.8) is 0 Å². The fraction of sp³-hybridized carbons (Fsp3) is 0.286. The Labute approximate surface area is 154 Å². The Morgan fingerprint density at radius 1 is 1.00 bits per heavy atom. The topological polar surface area (TPSA) is 53.0 Å². The lowest BCUT2D eigenvalue weighted by Gasteiger charge is -2.34. The number of carbonyl (C=O) groups is 1. The van der Waals surface area contributed by atoms with Crippen molar-refractivity contribution in [3.05, 3.63) is 66.2 Å². The highest BCUT2D eigenvalue weighted by Gasteiger charge is 2.20. The third-order valence-corrected chi connectivity index (χ3v) is 4.41. The number of benzene rings is 2. The Morgan fingerprint density at radius 2 is 1.69 bits per heavy atom. The molecule has 1 fully saturated rings. The molecule has 2 aromatic carbocycles. The van der Waals surface area contributed by atoms with Crippen molar-refractivity contribution >= 4 is 12.0 Å². The second-order valence-corrected chi connectivity index (χ2v) is 6.25. The lowest BCUT2D eigenvalue weighted by atomic mass is 10.2. The Hall–Kier alpha value is -2.79. The van der Waals surface area contributed by atoms with Crippen LogP contribution in [0, 0.1) is 0 Å². The molecule has 0 atom stereocenters. The van der Waals surface area contributed by atoms with Crippen LogP contribution < -0.4 is 4.74 Å². The van der Waals surface area contributed by atoms with E-state index in [9.17, 15) is 9.90 Å². The van der Waals surface area contributed by atoms with Gasteiger partial charge in [-0.15, -0.1) is 0 Å². The zero-order valence-corrected chi connectivity index (χ0v) is 14.8. The van der Waals surface area contributed by atoms with Gasteiger partial charge >= 0.3 is 0 Å². The van der Waals surface area contributed by atoms with Gasteiger partial charge in [0.1, 0.15) is 0 Å². The first-order valence-corrected chi connectivity index (χ1v) is 8.85. The molecule has 0 bridgehead atoms. The van der Waals surface area contributed by atoms with E-state index in [-0.39, 0.29) is 18.3 Å². The zero-order valence-electron chi connectivity index (χ0n) is 14.8. The lowest BCUT2D eigenvalue weighted by Crippen LogP contribution is -2.49. The monoisotopic (exact) mass is 352 g/mol. The molecule has 136 valence electrons. The van der Waals surface area contributed by atoms with Crippen LogP contribution in [0.2, 0.25) is 0 Å². The van der Waals surface area contributed by atoms with E-state index in [4.69, 9.17) is 4.74 Å². The number of hydrogen-bond acceptors (Lipinski definition) is 4. The van der Waals surface area contributed by atoms with Gasteiger partial charge in [0.05, 0.1) is 0 Å². The van der Waals surface area contributed by atoms with Gasteiger partial charge in [0.25, 0.3) is 5.91 Å². The van der Waals surface area contributed by atoms with E-state index in [1.807, 2.05) is 23.1 Å². The summed E-state index contributed by atoms with van der Waals surface area (Å²) in [6.45, 7) is 3.92. The van der Waals surface area contributed by atoms with Gasteiger partial charge in [0, 0.05) is 32.7 Å². The molecular formula is C21H24N2O3. The molecule has 0 radical (unpaired) electrons. The fourth-order valence-electron chi connectivity index (χ4n) is 2.89. The van der Waals surface area contributed by atoms with Crippen LogP contribution in [0.5, 0.6) is 11.5 Å². The summed E-state index contributed by atoms with van der Waals surface area (Å²) in [5.74, 6) is 0.341. The minimum Gasteiger partial charge on any atom is -0.504 e. The summed E-state index contributed by atoms with van der Waals surface area (Å²) in [4.78, 5) is 16.4. The summed E-state index contributed by atoms with van der Waals surface area (Å²) in [5, 5.41) is 9.67. The highest BCUT2D eigenvalue weighted by Crippen LogP contribution is 2.24. The van der Waals surface area contributed by atoms with Gasteiger partial charge in [-0.3, -0.25) is 9.69 Å². The molecule has 1 heterocycles. The van der Waals surface area contributed by atoms with Crippen LogP contribution in [-0.2, 0) is 4.79 Å². The van der Waals surface area contributed by atoms with Crippen LogP contribution in [0.25, 0.3) is 6.08 Å². The molecule has 5 heteroatoms. The quantitative estimate of drug-likeness (QED) is 0.868. The first-order valence-electron chi connectivity index (χ1n) is 8.85. The molecule has 5 nitrogen and oxygen atoms in total. The second-order valence-electron chi connectivity index (χ2n) is 6.25. The Morgan fingerprint density at radius 3 is 2.42 bits per heavy atom. The van der Waals surface area contributed by atoms with E-state index in [2.05, 4.69) is 29.2 Å². The minimum atomic E-state index is -0.0501. The number of para-hydroxylation sites is 2. The number of phenolic OH excluding ortho intramolecular Hbond substituents is 1. The number of ether oxygens (including phenoxy) is 1. The molecule has 1 saturated heterocycles. The van der Waals surface area contributed by atoms with Gasteiger partial charge < -0.3 is 14.7 Å². The number of amides is 1. The van der Waals surface area contributed by atoms with Crippen molar-refractivity contribution in [1.29, 1.82) is 0 Å². The van der Waals surface area contributed by atoms with Crippen LogP contribution in [0.4, 0.5) is 0 Å². The third kappa shape index (κ3) is 5.10. The minimum absolute atomic E-state index is 0.0484. The summed E-state index contributed by atoms with van der Waals surface area (Å²) in [7, 11) is 0. The molecule has 26 heavy (non-hydrogen) atoms. The summed E-state index contributed by atoms with van der Waals surface area (Å²) >= 11 is 0. The standard InChI is InChI=1S/C21H24N2O3/c24-19-10-4-5-11-20(19)26-17-21(25)23-15-13-22(14-16-23)12-6-9-18-7-2-1-3-8-18/h1-11,24H,12-17H2/b9-6+. The Kier molecular flexibility index (Phi) is 6.28. The average Bonchev–Trinajstić information content (AvgIpc) is 2.68. The number of phenols is 1. The molecule has 1 aliphatic heterocycles. The van der Waals surface area contributed by atoms with E-state index in [1.54, 1.807) is 24.3 Å². The van der Waals surface area contributed by atoms with Crippen molar-refractivity contribution in [2.45, 2.75) is 0 Å². The Bertz CT molecular complexity index is 738. The predicted molar refractivity (Wildman–Crippen MR) is 102 cm³/mol. The summed E-state index contributed by atoms with van der Waals surface area (Å²) in [5.41, 5.74) is 1.20. The molecule has 2 aromatic rings. The molecule has 0 aliphatic carbocycles. The van der Waals surface area contributed by atoms with Crippen LogP contribution in [0.15, 0.2) is 60.7 Å². The highest BCUT2D eigenvalue weighted by atomic mass is 16.5. The third-order valence-electron chi connectivity index (χ3n) is 4.41. The maximum Gasteiger partial charge on any atom is 0.260 e. The zero-order chi connectivity index (χ0) is 18.2. The molecule has 1 aliphatic rings. The van der Waals surface area contributed by atoms with Gasteiger partial charge in [-0.25, -0.2) is 0 Å². The van der Waals surface area contributed by atoms with Crippen LogP contribution in [0.3, 0.4) is 0 Å². The SMILES string of the molecule is O=C(COc1ccccc1O)N1CCN(C/C=C/c2ccccc2)CC1. The molecule has 3 rings (SSSR count).